The minimum Gasteiger partial charge on any atom is -0.192 e. The highest BCUT2D eigenvalue weighted by Crippen LogP contribution is 2.29. The van der Waals surface area contributed by atoms with Gasteiger partial charge in [0.05, 0.1) is 11.6 Å². The van der Waals surface area contributed by atoms with E-state index in [-0.39, 0.29) is 0 Å². The third-order valence-corrected chi connectivity index (χ3v) is 3.12. The molecule has 1 aromatic carbocycles. The number of nitriles is 1. The fourth-order valence-corrected chi connectivity index (χ4v) is 2.30. The summed E-state index contributed by atoms with van der Waals surface area (Å²) in [6.45, 7) is 6.60. The van der Waals surface area contributed by atoms with Crippen molar-refractivity contribution < 1.29 is 0 Å². The van der Waals surface area contributed by atoms with Crippen LogP contribution in [0.25, 0.3) is 0 Å². The summed E-state index contributed by atoms with van der Waals surface area (Å²) in [7, 11) is 0. The first kappa shape index (κ1) is 12.8. The van der Waals surface area contributed by atoms with Crippen molar-refractivity contribution in [1.29, 1.82) is 5.26 Å². The first-order chi connectivity index (χ1) is 7.72. The van der Waals surface area contributed by atoms with Crippen LogP contribution in [0.5, 0.6) is 0 Å². The predicted octanol–water partition coefficient (Wildman–Crippen LogP) is 4.55. The quantitative estimate of drug-likeness (QED) is 0.706. The third-order valence-electron chi connectivity index (χ3n) is 3.12. The molecule has 1 rings (SSSR count). The Morgan fingerprint density at radius 2 is 1.81 bits per heavy atom. The molecule has 0 aliphatic carbocycles. The average Bonchev–Trinajstić information content (AvgIpc) is 2.29. The molecule has 0 N–H and O–H groups in total. The van der Waals surface area contributed by atoms with E-state index in [1.807, 2.05) is 6.07 Å². The van der Waals surface area contributed by atoms with Gasteiger partial charge in [0.1, 0.15) is 0 Å². The van der Waals surface area contributed by atoms with Crippen molar-refractivity contribution in [3.8, 4) is 6.07 Å². The van der Waals surface area contributed by atoms with Gasteiger partial charge in [0.25, 0.3) is 0 Å². The topological polar surface area (TPSA) is 23.8 Å². The highest BCUT2D eigenvalue weighted by Gasteiger charge is 2.12. The van der Waals surface area contributed by atoms with E-state index >= 15 is 0 Å². The van der Waals surface area contributed by atoms with Crippen molar-refractivity contribution in [2.75, 3.05) is 0 Å². The second-order valence-corrected chi connectivity index (χ2v) is 4.46. The molecule has 0 saturated heterocycles. The fraction of sp³-hybridized carbons (Fsp3) is 0.533. The molecule has 0 spiro atoms. The Morgan fingerprint density at radius 3 is 2.31 bits per heavy atom. The highest BCUT2D eigenvalue weighted by atomic mass is 14.2. The molecule has 0 bridgehead atoms. The van der Waals surface area contributed by atoms with E-state index in [2.05, 4.69) is 39.0 Å². The van der Waals surface area contributed by atoms with Crippen LogP contribution in [0.15, 0.2) is 18.2 Å². The lowest BCUT2D eigenvalue weighted by atomic mass is 9.87. The number of hydrogen-bond donors (Lipinski definition) is 0. The smallest absolute Gasteiger partial charge is 0.0991 e. The SMILES string of the molecule is CCCC(CCC)c1cc(C#N)ccc1C. The van der Waals surface area contributed by atoms with E-state index in [1.165, 1.54) is 36.8 Å². The Balaban J connectivity index is 3.02. The molecular weight excluding hydrogens is 194 g/mol. The van der Waals surface area contributed by atoms with Crippen molar-refractivity contribution in [1.82, 2.24) is 0 Å². The monoisotopic (exact) mass is 215 g/mol. The summed E-state index contributed by atoms with van der Waals surface area (Å²) in [5.74, 6) is 0.628. The molecule has 0 radical (unpaired) electrons. The van der Waals surface area contributed by atoms with Crippen LogP contribution in [-0.2, 0) is 0 Å². The largest absolute Gasteiger partial charge is 0.192 e. The first-order valence-electron chi connectivity index (χ1n) is 6.23. The Hall–Kier alpha value is -1.29. The van der Waals surface area contributed by atoms with Crippen molar-refractivity contribution in [3.05, 3.63) is 34.9 Å². The molecule has 0 fully saturated rings. The molecule has 0 aliphatic rings. The lowest BCUT2D eigenvalue weighted by molar-refractivity contribution is 0.558. The summed E-state index contributed by atoms with van der Waals surface area (Å²) in [6, 6.07) is 8.29. The van der Waals surface area contributed by atoms with Crippen LogP contribution in [0.3, 0.4) is 0 Å². The molecule has 0 amide bonds. The molecule has 0 atom stereocenters. The first-order valence-corrected chi connectivity index (χ1v) is 6.23. The number of benzene rings is 1. The molecule has 1 aromatic rings. The molecule has 0 unspecified atom stereocenters. The van der Waals surface area contributed by atoms with Gasteiger partial charge in [-0.1, -0.05) is 32.8 Å². The maximum atomic E-state index is 8.94. The average molecular weight is 215 g/mol. The molecule has 1 heteroatoms. The summed E-state index contributed by atoms with van der Waals surface area (Å²) in [5.41, 5.74) is 3.49. The van der Waals surface area contributed by atoms with E-state index < -0.39 is 0 Å². The predicted molar refractivity (Wildman–Crippen MR) is 68.5 cm³/mol. The van der Waals surface area contributed by atoms with Gasteiger partial charge in [0, 0.05) is 0 Å². The van der Waals surface area contributed by atoms with Gasteiger partial charge < -0.3 is 0 Å². The van der Waals surface area contributed by atoms with Gasteiger partial charge in [-0.25, -0.2) is 0 Å². The zero-order valence-electron chi connectivity index (χ0n) is 10.6. The molecule has 0 saturated carbocycles. The summed E-state index contributed by atoms with van der Waals surface area (Å²) in [4.78, 5) is 0. The summed E-state index contributed by atoms with van der Waals surface area (Å²) in [6.07, 6.45) is 4.87. The molecular formula is C15H21N. The second-order valence-electron chi connectivity index (χ2n) is 4.46. The molecule has 16 heavy (non-hydrogen) atoms. The van der Waals surface area contributed by atoms with Gasteiger partial charge in [-0.15, -0.1) is 0 Å². The lowest BCUT2D eigenvalue weighted by Gasteiger charge is -2.18. The zero-order valence-corrected chi connectivity index (χ0v) is 10.6. The number of nitrogens with zero attached hydrogens (tertiary/aromatic N) is 1. The third kappa shape index (κ3) is 3.10. The van der Waals surface area contributed by atoms with Gasteiger partial charge >= 0.3 is 0 Å². The fourth-order valence-electron chi connectivity index (χ4n) is 2.30. The summed E-state index contributed by atoms with van der Waals surface area (Å²) >= 11 is 0. The highest BCUT2D eigenvalue weighted by molar-refractivity contribution is 5.39. The lowest BCUT2D eigenvalue weighted by Crippen LogP contribution is -2.01. The maximum absolute atomic E-state index is 8.94. The minimum absolute atomic E-state index is 0.628. The number of hydrogen-bond acceptors (Lipinski definition) is 1. The van der Waals surface area contributed by atoms with Crippen molar-refractivity contribution in [2.24, 2.45) is 0 Å². The molecule has 0 aromatic heterocycles. The number of rotatable bonds is 5. The van der Waals surface area contributed by atoms with E-state index in [9.17, 15) is 0 Å². The Bertz CT molecular complexity index is 368. The minimum atomic E-state index is 0.628. The molecule has 86 valence electrons. The molecule has 0 aliphatic heterocycles. The normalized spacial score (nSPS) is 10.4. The van der Waals surface area contributed by atoms with E-state index in [0.717, 1.165) is 5.56 Å². The maximum Gasteiger partial charge on any atom is 0.0991 e. The van der Waals surface area contributed by atoms with Crippen LogP contribution in [0.4, 0.5) is 0 Å². The molecule has 0 heterocycles. The van der Waals surface area contributed by atoms with Gasteiger partial charge in [0.15, 0.2) is 0 Å². The number of aryl methyl sites for hydroxylation is 1. The van der Waals surface area contributed by atoms with Gasteiger partial charge in [-0.3, -0.25) is 0 Å². The van der Waals surface area contributed by atoms with Crippen LogP contribution >= 0.6 is 0 Å². The Morgan fingerprint density at radius 1 is 1.19 bits per heavy atom. The zero-order chi connectivity index (χ0) is 12.0. The van der Waals surface area contributed by atoms with Crippen molar-refractivity contribution in [3.63, 3.8) is 0 Å². The van der Waals surface area contributed by atoms with Gasteiger partial charge in [-0.05, 0) is 48.9 Å². The standard InChI is InChI=1S/C15H21N/c1-4-6-14(7-5-2)15-10-13(11-16)9-8-12(15)3/h8-10,14H,4-7H2,1-3H3. The van der Waals surface area contributed by atoms with E-state index in [0.29, 0.717) is 5.92 Å². The van der Waals surface area contributed by atoms with Crippen LogP contribution in [0, 0.1) is 18.3 Å². The van der Waals surface area contributed by atoms with Crippen LogP contribution in [0.2, 0.25) is 0 Å². The molecule has 1 nitrogen and oxygen atoms in total. The van der Waals surface area contributed by atoms with E-state index in [4.69, 9.17) is 5.26 Å². The van der Waals surface area contributed by atoms with Gasteiger partial charge in [0.2, 0.25) is 0 Å². The summed E-state index contributed by atoms with van der Waals surface area (Å²) < 4.78 is 0. The van der Waals surface area contributed by atoms with Crippen molar-refractivity contribution in [2.45, 2.75) is 52.4 Å². The second kappa shape index (κ2) is 6.33. The van der Waals surface area contributed by atoms with Crippen LogP contribution < -0.4 is 0 Å². The van der Waals surface area contributed by atoms with E-state index in [1.54, 1.807) is 0 Å². The summed E-state index contributed by atoms with van der Waals surface area (Å²) in [5, 5.41) is 8.94. The van der Waals surface area contributed by atoms with Gasteiger partial charge in [-0.2, -0.15) is 5.26 Å². The van der Waals surface area contributed by atoms with Crippen LogP contribution in [-0.4, -0.2) is 0 Å². The van der Waals surface area contributed by atoms with Crippen molar-refractivity contribution >= 4 is 0 Å². The Labute approximate surface area is 99.1 Å². The Kier molecular flexibility index (Phi) is 5.05. The van der Waals surface area contributed by atoms with Crippen LogP contribution in [0.1, 0.15) is 62.1 Å².